The number of carbonyl (C=O) groups is 1. The van der Waals surface area contributed by atoms with Gasteiger partial charge in [-0.1, -0.05) is 22.9 Å². The molecule has 0 heterocycles. The zero-order valence-corrected chi connectivity index (χ0v) is 9.67. The molecule has 5 heteroatoms. The van der Waals surface area contributed by atoms with Crippen molar-refractivity contribution >= 4 is 21.9 Å². The second kappa shape index (κ2) is 5.11. The topological polar surface area (TPSA) is 46.5 Å². The molecule has 15 heavy (non-hydrogen) atoms. The number of carboxylic acids is 1. The van der Waals surface area contributed by atoms with E-state index in [2.05, 4.69) is 15.9 Å². The number of ether oxygens (including phenoxy) is 1. The Hall–Kier alpha value is -1.10. The van der Waals surface area contributed by atoms with Crippen LogP contribution in [0.25, 0.3) is 0 Å². The molecule has 0 atom stereocenters. The predicted molar refractivity (Wildman–Crippen MR) is 56.8 cm³/mol. The van der Waals surface area contributed by atoms with Gasteiger partial charge in [0.05, 0.1) is 6.61 Å². The zero-order valence-electron chi connectivity index (χ0n) is 8.09. The molecule has 1 aromatic rings. The summed E-state index contributed by atoms with van der Waals surface area (Å²) in [6.45, 7) is 2.24. The fraction of sp³-hybridized carbons (Fsp3) is 0.300. The van der Waals surface area contributed by atoms with Crippen LogP contribution in [-0.4, -0.2) is 17.7 Å². The maximum Gasteiger partial charge on any atom is 0.342 e. The van der Waals surface area contributed by atoms with E-state index < -0.39 is 17.3 Å². The minimum absolute atomic E-state index is 0.0521. The summed E-state index contributed by atoms with van der Waals surface area (Å²) in [7, 11) is 0. The SMILES string of the molecule is CCCOc1cc(Br)cc(F)c1C(=O)O. The third-order valence-electron chi connectivity index (χ3n) is 1.69. The van der Waals surface area contributed by atoms with Crippen molar-refractivity contribution in [2.75, 3.05) is 6.61 Å². The van der Waals surface area contributed by atoms with Crippen LogP contribution in [0.15, 0.2) is 16.6 Å². The Morgan fingerprint density at radius 3 is 2.80 bits per heavy atom. The van der Waals surface area contributed by atoms with E-state index in [0.29, 0.717) is 11.1 Å². The van der Waals surface area contributed by atoms with Gasteiger partial charge >= 0.3 is 5.97 Å². The van der Waals surface area contributed by atoms with E-state index in [1.165, 1.54) is 6.07 Å². The molecule has 0 aliphatic carbocycles. The summed E-state index contributed by atoms with van der Waals surface area (Å²) in [5.41, 5.74) is -0.424. The molecular formula is C10H10BrFO3. The summed E-state index contributed by atoms with van der Waals surface area (Å²) >= 11 is 3.08. The molecule has 0 aromatic heterocycles. The first-order chi connectivity index (χ1) is 7.06. The molecule has 0 saturated carbocycles. The van der Waals surface area contributed by atoms with E-state index in [0.717, 1.165) is 12.5 Å². The number of hydrogen-bond donors (Lipinski definition) is 1. The smallest absolute Gasteiger partial charge is 0.342 e. The van der Waals surface area contributed by atoms with Crippen LogP contribution in [-0.2, 0) is 0 Å². The summed E-state index contributed by atoms with van der Waals surface area (Å²) in [4.78, 5) is 10.8. The highest BCUT2D eigenvalue weighted by Crippen LogP contribution is 2.27. The summed E-state index contributed by atoms with van der Waals surface area (Å²) in [6, 6.07) is 2.55. The van der Waals surface area contributed by atoms with Gasteiger partial charge in [-0.25, -0.2) is 9.18 Å². The van der Waals surface area contributed by atoms with E-state index >= 15 is 0 Å². The quantitative estimate of drug-likeness (QED) is 0.919. The molecule has 1 aromatic carbocycles. The number of halogens is 2. The van der Waals surface area contributed by atoms with E-state index in [-0.39, 0.29) is 5.75 Å². The van der Waals surface area contributed by atoms with Gasteiger partial charge in [0, 0.05) is 4.47 Å². The second-order valence-electron chi connectivity index (χ2n) is 2.91. The molecule has 82 valence electrons. The maximum atomic E-state index is 13.3. The van der Waals surface area contributed by atoms with E-state index in [9.17, 15) is 9.18 Å². The monoisotopic (exact) mass is 276 g/mol. The largest absolute Gasteiger partial charge is 0.493 e. The highest BCUT2D eigenvalue weighted by atomic mass is 79.9. The van der Waals surface area contributed by atoms with Crippen LogP contribution in [0.2, 0.25) is 0 Å². The molecule has 1 rings (SSSR count). The Morgan fingerprint density at radius 1 is 1.60 bits per heavy atom. The molecule has 0 radical (unpaired) electrons. The first kappa shape index (κ1) is 12.0. The lowest BCUT2D eigenvalue weighted by Crippen LogP contribution is -2.06. The summed E-state index contributed by atoms with van der Waals surface area (Å²) in [6.07, 6.45) is 0.729. The minimum atomic E-state index is -1.33. The van der Waals surface area contributed by atoms with Crippen molar-refractivity contribution in [2.24, 2.45) is 0 Å². The Bertz CT molecular complexity index is 379. The van der Waals surface area contributed by atoms with Gasteiger partial charge in [-0.05, 0) is 18.6 Å². The van der Waals surface area contributed by atoms with Crippen LogP contribution in [0.5, 0.6) is 5.75 Å². The van der Waals surface area contributed by atoms with Crippen molar-refractivity contribution in [3.8, 4) is 5.75 Å². The molecule has 0 aliphatic heterocycles. The van der Waals surface area contributed by atoms with Gasteiger partial charge in [-0.15, -0.1) is 0 Å². The van der Waals surface area contributed by atoms with E-state index in [1.807, 2.05) is 6.92 Å². The average Bonchev–Trinajstić information content (AvgIpc) is 2.12. The van der Waals surface area contributed by atoms with Crippen LogP contribution in [0.3, 0.4) is 0 Å². The van der Waals surface area contributed by atoms with Gasteiger partial charge in [0.25, 0.3) is 0 Å². The minimum Gasteiger partial charge on any atom is -0.493 e. The number of rotatable bonds is 4. The fourth-order valence-corrected chi connectivity index (χ4v) is 1.49. The molecule has 0 aliphatic rings. The molecular weight excluding hydrogens is 267 g/mol. The molecule has 0 fully saturated rings. The van der Waals surface area contributed by atoms with Crippen LogP contribution in [0, 0.1) is 5.82 Å². The molecule has 0 unspecified atom stereocenters. The second-order valence-corrected chi connectivity index (χ2v) is 3.83. The predicted octanol–water partition coefficient (Wildman–Crippen LogP) is 3.08. The molecule has 1 N–H and O–H groups in total. The van der Waals surface area contributed by atoms with Crippen molar-refractivity contribution in [1.29, 1.82) is 0 Å². The number of carboxylic acid groups (broad SMARTS) is 1. The van der Waals surface area contributed by atoms with Crippen molar-refractivity contribution in [3.05, 3.63) is 28.0 Å². The molecule has 0 spiro atoms. The van der Waals surface area contributed by atoms with Gasteiger partial charge in [-0.2, -0.15) is 0 Å². The third kappa shape index (κ3) is 2.92. The molecule has 0 amide bonds. The van der Waals surface area contributed by atoms with Gasteiger partial charge in [0.2, 0.25) is 0 Å². The zero-order chi connectivity index (χ0) is 11.4. The number of benzene rings is 1. The van der Waals surface area contributed by atoms with Gasteiger partial charge < -0.3 is 9.84 Å². The van der Waals surface area contributed by atoms with E-state index in [1.54, 1.807) is 0 Å². The van der Waals surface area contributed by atoms with Gasteiger partial charge in [0.1, 0.15) is 17.1 Å². The van der Waals surface area contributed by atoms with Crippen molar-refractivity contribution in [3.63, 3.8) is 0 Å². The lowest BCUT2D eigenvalue weighted by molar-refractivity contribution is 0.0687. The normalized spacial score (nSPS) is 10.1. The third-order valence-corrected chi connectivity index (χ3v) is 2.15. The summed E-state index contributed by atoms with van der Waals surface area (Å²) in [5, 5.41) is 8.80. The summed E-state index contributed by atoms with van der Waals surface area (Å²) < 4.78 is 18.9. The highest BCUT2D eigenvalue weighted by molar-refractivity contribution is 9.10. The first-order valence-corrected chi connectivity index (χ1v) is 5.20. The average molecular weight is 277 g/mol. The number of hydrogen-bond acceptors (Lipinski definition) is 2. The van der Waals surface area contributed by atoms with Crippen LogP contribution in [0.1, 0.15) is 23.7 Å². The van der Waals surface area contributed by atoms with E-state index in [4.69, 9.17) is 9.84 Å². The van der Waals surface area contributed by atoms with Crippen molar-refractivity contribution in [2.45, 2.75) is 13.3 Å². The van der Waals surface area contributed by atoms with Crippen molar-refractivity contribution < 1.29 is 19.0 Å². The standard InChI is InChI=1S/C10H10BrFO3/c1-2-3-15-8-5-6(11)4-7(12)9(8)10(13)14/h4-5H,2-3H2,1H3,(H,13,14). The molecule has 0 saturated heterocycles. The lowest BCUT2D eigenvalue weighted by atomic mass is 10.2. The van der Waals surface area contributed by atoms with Gasteiger partial charge in [-0.3, -0.25) is 0 Å². The van der Waals surface area contributed by atoms with Crippen LogP contribution in [0.4, 0.5) is 4.39 Å². The Morgan fingerprint density at radius 2 is 2.27 bits per heavy atom. The lowest BCUT2D eigenvalue weighted by Gasteiger charge is -2.09. The maximum absolute atomic E-state index is 13.3. The number of aromatic carboxylic acids is 1. The van der Waals surface area contributed by atoms with Crippen molar-refractivity contribution in [1.82, 2.24) is 0 Å². The molecule has 3 nitrogen and oxygen atoms in total. The fourth-order valence-electron chi connectivity index (χ4n) is 1.08. The summed E-state index contributed by atoms with van der Waals surface area (Å²) in [5.74, 6) is -2.08. The Balaban J connectivity index is 3.14. The van der Waals surface area contributed by atoms with Crippen LogP contribution >= 0.6 is 15.9 Å². The Kier molecular flexibility index (Phi) is 4.08. The molecule has 0 bridgehead atoms. The first-order valence-electron chi connectivity index (χ1n) is 4.41. The van der Waals surface area contributed by atoms with Gasteiger partial charge in [0.15, 0.2) is 0 Å². The van der Waals surface area contributed by atoms with Crippen LogP contribution < -0.4 is 4.74 Å². The highest BCUT2D eigenvalue weighted by Gasteiger charge is 2.18. The Labute approximate surface area is 95.0 Å².